The zero-order valence-corrected chi connectivity index (χ0v) is 19.9. The lowest BCUT2D eigenvalue weighted by Crippen LogP contribution is -2.22. The molecule has 0 fully saturated rings. The minimum atomic E-state index is -0.275. The first-order valence-electron chi connectivity index (χ1n) is 11.3. The molecule has 0 aliphatic rings. The highest BCUT2D eigenvalue weighted by Gasteiger charge is 2.19. The quantitative estimate of drug-likeness (QED) is 0.328. The third kappa shape index (κ3) is 4.03. The van der Waals surface area contributed by atoms with Gasteiger partial charge < -0.3 is 0 Å². The van der Waals surface area contributed by atoms with E-state index in [1.165, 1.54) is 6.20 Å². The molecule has 0 spiro atoms. The van der Waals surface area contributed by atoms with E-state index in [9.17, 15) is 10.1 Å². The Morgan fingerprint density at radius 2 is 1.65 bits per heavy atom. The van der Waals surface area contributed by atoms with Crippen LogP contribution in [-0.4, -0.2) is 29.3 Å². The number of aromatic nitrogens is 6. The van der Waals surface area contributed by atoms with Crippen molar-refractivity contribution in [2.75, 3.05) is 0 Å². The van der Waals surface area contributed by atoms with Crippen LogP contribution in [0.15, 0.2) is 102 Å². The van der Waals surface area contributed by atoms with Crippen molar-refractivity contribution in [3.05, 3.63) is 119 Å². The van der Waals surface area contributed by atoms with Crippen LogP contribution in [0.2, 0.25) is 5.02 Å². The Morgan fingerprint density at radius 1 is 0.865 bits per heavy atom. The Balaban J connectivity index is 1.59. The van der Waals surface area contributed by atoms with Gasteiger partial charge in [0.15, 0.2) is 5.65 Å². The van der Waals surface area contributed by atoms with Gasteiger partial charge in [-0.15, -0.1) is 0 Å². The van der Waals surface area contributed by atoms with Gasteiger partial charge in [-0.2, -0.15) is 10.4 Å². The molecule has 0 bridgehead atoms. The van der Waals surface area contributed by atoms with Crippen LogP contribution in [0, 0.1) is 11.3 Å². The van der Waals surface area contributed by atoms with Crippen LogP contribution in [0.4, 0.5) is 0 Å². The molecule has 3 aromatic heterocycles. The van der Waals surface area contributed by atoms with Gasteiger partial charge >= 0.3 is 0 Å². The molecule has 6 rings (SSSR count). The monoisotopic (exact) mass is 501 g/mol. The lowest BCUT2D eigenvalue weighted by atomic mass is 10.1. The molecule has 176 valence electrons. The first-order valence-corrected chi connectivity index (χ1v) is 11.6. The summed E-state index contributed by atoms with van der Waals surface area (Å²) < 4.78 is 3.12. The molecular weight excluding hydrogens is 486 g/mol. The Labute approximate surface area is 215 Å². The van der Waals surface area contributed by atoms with Crippen molar-refractivity contribution < 1.29 is 0 Å². The number of nitriles is 1. The molecule has 0 N–H and O–H groups in total. The zero-order valence-electron chi connectivity index (χ0n) is 19.2. The molecule has 0 saturated heterocycles. The molecule has 0 unspecified atom stereocenters. The molecule has 9 heteroatoms. The first-order chi connectivity index (χ1) is 18.1. The lowest BCUT2D eigenvalue weighted by molar-refractivity contribution is 0.888. The predicted molar refractivity (Wildman–Crippen MR) is 141 cm³/mol. The van der Waals surface area contributed by atoms with E-state index in [-0.39, 0.29) is 5.56 Å². The number of nitrogens with zero attached hydrogens (tertiary/aromatic N) is 7. The van der Waals surface area contributed by atoms with E-state index >= 15 is 0 Å². The second kappa shape index (κ2) is 9.15. The number of hydrogen-bond donors (Lipinski definition) is 0. The Morgan fingerprint density at radius 3 is 2.38 bits per heavy atom. The second-order valence-electron chi connectivity index (χ2n) is 8.18. The third-order valence-electron chi connectivity index (χ3n) is 5.91. The van der Waals surface area contributed by atoms with Crippen LogP contribution in [0.3, 0.4) is 0 Å². The largest absolute Gasteiger partial charge is 0.269 e. The highest BCUT2D eigenvalue weighted by Crippen LogP contribution is 2.26. The van der Waals surface area contributed by atoms with Crippen LogP contribution < -0.4 is 5.56 Å². The maximum absolute atomic E-state index is 13.8. The second-order valence-corrected chi connectivity index (χ2v) is 8.61. The minimum Gasteiger partial charge on any atom is -0.268 e. The van der Waals surface area contributed by atoms with E-state index < -0.39 is 0 Å². The highest BCUT2D eigenvalue weighted by molar-refractivity contribution is 6.30. The van der Waals surface area contributed by atoms with Crippen molar-refractivity contribution >= 4 is 22.6 Å². The number of rotatable bonds is 4. The van der Waals surface area contributed by atoms with Gasteiger partial charge in [0.05, 0.1) is 41.1 Å². The molecule has 3 aromatic carbocycles. The van der Waals surface area contributed by atoms with Crippen molar-refractivity contribution in [2.24, 2.45) is 0 Å². The predicted octanol–water partition coefficient (Wildman–Crippen LogP) is 5.22. The van der Waals surface area contributed by atoms with Gasteiger partial charge in [-0.3, -0.25) is 19.3 Å². The average Bonchev–Trinajstić information content (AvgIpc) is 3.39. The number of fused-ring (bicyclic) bond motifs is 1. The molecule has 0 radical (unpaired) electrons. The summed E-state index contributed by atoms with van der Waals surface area (Å²) in [6.07, 6.45) is 6.45. The fourth-order valence-corrected chi connectivity index (χ4v) is 4.25. The van der Waals surface area contributed by atoms with Crippen molar-refractivity contribution in [3.8, 4) is 40.1 Å². The summed E-state index contributed by atoms with van der Waals surface area (Å²) in [5.41, 5.74) is 4.20. The van der Waals surface area contributed by atoms with Crippen LogP contribution in [-0.2, 0) is 0 Å². The third-order valence-corrected chi connectivity index (χ3v) is 6.16. The van der Waals surface area contributed by atoms with Gasteiger partial charge in [0.25, 0.3) is 5.56 Å². The summed E-state index contributed by atoms with van der Waals surface area (Å²) >= 11 is 6.11. The molecule has 0 saturated carbocycles. The molecule has 0 aliphatic carbocycles. The van der Waals surface area contributed by atoms with Crippen LogP contribution in [0.5, 0.6) is 0 Å². The topological polar surface area (TPSA) is 102 Å². The lowest BCUT2D eigenvalue weighted by Gasteiger charge is -2.14. The van der Waals surface area contributed by atoms with Crippen molar-refractivity contribution in [1.82, 2.24) is 29.3 Å². The number of benzene rings is 3. The molecule has 0 amide bonds. The molecule has 6 aromatic rings. The van der Waals surface area contributed by atoms with E-state index in [0.29, 0.717) is 38.8 Å². The van der Waals surface area contributed by atoms with Crippen molar-refractivity contribution in [2.45, 2.75) is 0 Å². The molecule has 37 heavy (non-hydrogen) atoms. The van der Waals surface area contributed by atoms with Crippen molar-refractivity contribution in [1.29, 1.82) is 5.26 Å². The van der Waals surface area contributed by atoms with Gasteiger partial charge in [-0.1, -0.05) is 41.9 Å². The fourth-order valence-electron chi connectivity index (χ4n) is 4.13. The first kappa shape index (κ1) is 22.3. The molecule has 3 heterocycles. The smallest absolute Gasteiger partial charge is 0.268 e. The maximum atomic E-state index is 13.8. The van der Waals surface area contributed by atoms with Crippen LogP contribution in [0.25, 0.3) is 45.1 Å². The summed E-state index contributed by atoms with van der Waals surface area (Å²) in [6, 6.07) is 23.7. The summed E-state index contributed by atoms with van der Waals surface area (Å²) in [5.74, 6) is 0.434. The normalized spacial score (nSPS) is 10.9. The molecule has 0 atom stereocenters. The SMILES string of the molecule is N#Cc1cccc(-n2ncc3c(=O)n(-c4ccc(Cl)cc4)c(-c4ccc(-c5cnccn5)cc4)nc32)c1. The van der Waals surface area contributed by atoms with Gasteiger partial charge in [0.1, 0.15) is 11.2 Å². The van der Waals surface area contributed by atoms with Gasteiger partial charge in [-0.05, 0) is 42.5 Å². The van der Waals surface area contributed by atoms with Crippen LogP contribution in [0.1, 0.15) is 5.56 Å². The highest BCUT2D eigenvalue weighted by atomic mass is 35.5. The van der Waals surface area contributed by atoms with Gasteiger partial charge in [0.2, 0.25) is 0 Å². The minimum absolute atomic E-state index is 0.275. The van der Waals surface area contributed by atoms with E-state index in [1.54, 1.807) is 70.3 Å². The summed E-state index contributed by atoms with van der Waals surface area (Å²) in [4.78, 5) is 27.2. The zero-order chi connectivity index (χ0) is 25.4. The molecule has 0 aliphatic heterocycles. The fraction of sp³-hybridized carbons (Fsp3) is 0. The Hall–Kier alpha value is -5.13. The number of hydrogen-bond acceptors (Lipinski definition) is 6. The maximum Gasteiger partial charge on any atom is 0.269 e. The Bertz CT molecular complexity index is 1850. The number of halogens is 1. The average molecular weight is 502 g/mol. The van der Waals surface area contributed by atoms with E-state index in [1.807, 2.05) is 30.3 Å². The van der Waals surface area contributed by atoms with E-state index in [2.05, 4.69) is 21.1 Å². The van der Waals surface area contributed by atoms with E-state index in [4.69, 9.17) is 16.6 Å². The molecule has 8 nitrogen and oxygen atoms in total. The summed E-state index contributed by atoms with van der Waals surface area (Å²) in [5, 5.41) is 14.7. The van der Waals surface area contributed by atoms with Crippen molar-refractivity contribution in [3.63, 3.8) is 0 Å². The van der Waals surface area contributed by atoms with Crippen LogP contribution >= 0.6 is 11.6 Å². The Kier molecular flexibility index (Phi) is 5.52. The van der Waals surface area contributed by atoms with E-state index in [0.717, 1.165) is 16.8 Å². The summed E-state index contributed by atoms with van der Waals surface area (Å²) in [7, 11) is 0. The van der Waals surface area contributed by atoms with Gasteiger partial charge in [-0.25, -0.2) is 9.67 Å². The summed E-state index contributed by atoms with van der Waals surface area (Å²) in [6.45, 7) is 0. The molecular formula is C28H16ClN7O. The standard InChI is InChI=1S/C28H16ClN7O/c29-21-8-10-22(11-9-21)35-26(20-6-4-19(5-7-20)25-17-31-12-13-32-25)34-27-24(28(35)37)16-33-36(27)23-3-1-2-18(14-23)15-30/h1-14,16-17H. The van der Waals surface area contributed by atoms with Gasteiger partial charge in [0, 0.05) is 28.5 Å².